The molecule has 0 atom stereocenters. The van der Waals surface area contributed by atoms with Crippen molar-refractivity contribution in [1.29, 1.82) is 5.26 Å². The van der Waals surface area contributed by atoms with Crippen LogP contribution >= 0.6 is 11.6 Å². The molecule has 0 bridgehead atoms. The normalized spacial score (nSPS) is 10.2. The number of benzene rings is 1. The molecule has 0 aliphatic heterocycles. The standard InChI is InChI=1S/C14H17ClN2O/c1-11(2)10-17(8-4-7-16)14(18)12-5-3-6-13(15)9-12/h3,5-6,9,11H,4,8,10H2,1-2H3. The summed E-state index contributed by atoms with van der Waals surface area (Å²) < 4.78 is 0. The summed E-state index contributed by atoms with van der Waals surface area (Å²) in [6.45, 7) is 5.20. The zero-order valence-corrected chi connectivity index (χ0v) is 11.4. The fourth-order valence-electron chi connectivity index (χ4n) is 1.71. The Morgan fingerprint density at radius 1 is 1.50 bits per heavy atom. The maximum atomic E-state index is 12.3. The summed E-state index contributed by atoms with van der Waals surface area (Å²) in [7, 11) is 0. The molecule has 4 heteroatoms. The van der Waals surface area contributed by atoms with Gasteiger partial charge in [0.1, 0.15) is 0 Å². The molecule has 1 rings (SSSR count). The molecule has 0 aliphatic rings. The number of carbonyl (C=O) groups is 1. The van der Waals surface area contributed by atoms with Crippen LogP contribution in [-0.4, -0.2) is 23.9 Å². The van der Waals surface area contributed by atoms with Gasteiger partial charge < -0.3 is 4.90 Å². The molecule has 1 aromatic rings. The molecular formula is C14H17ClN2O. The fraction of sp³-hybridized carbons (Fsp3) is 0.429. The number of nitrogens with zero attached hydrogens (tertiary/aromatic N) is 2. The van der Waals surface area contributed by atoms with Crippen LogP contribution in [0.25, 0.3) is 0 Å². The van der Waals surface area contributed by atoms with Gasteiger partial charge in [0.2, 0.25) is 0 Å². The summed E-state index contributed by atoms with van der Waals surface area (Å²) in [5, 5.41) is 9.18. The first kappa shape index (κ1) is 14.5. The Morgan fingerprint density at radius 2 is 2.22 bits per heavy atom. The average Bonchev–Trinajstić information content (AvgIpc) is 2.33. The second-order valence-corrected chi connectivity index (χ2v) is 5.00. The average molecular weight is 265 g/mol. The van der Waals surface area contributed by atoms with Crippen molar-refractivity contribution in [3.05, 3.63) is 34.9 Å². The van der Waals surface area contributed by atoms with E-state index in [1.54, 1.807) is 29.2 Å². The molecule has 0 spiro atoms. The van der Waals surface area contributed by atoms with Gasteiger partial charge in [-0.15, -0.1) is 0 Å². The van der Waals surface area contributed by atoms with Gasteiger partial charge in [0.05, 0.1) is 12.5 Å². The monoisotopic (exact) mass is 264 g/mol. The Bertz CT molecular complexity index is 451. The van der Waals surface area contributed by atoms with Crippen LogP contribution in [0, 0.1) is 17.2 Å². The summed E-state index contributed by atoms with van der Waals surface area (Å²) in [5.74, 6) is 0.299. The maximum Gasteiger partial charge on any atom is 0.253 e. The molecule has 0 radical (unpaired) electrons. The van der Waals surface area contributed by atoms with E-state index in [0.29, 0.717) is 36.0 Å². The Kier molecular flexibility index (Phi) is 5.67. The number of rotatable bonds is 5. The molecule has 0 fully saturated rings. The lowest BCUT2D eigenvalue weighted by Crippen LogP contribution is -2.35. The highest BCUT2D eigenvalue weighted by Crippen LogP contribution is 2.14. The summed E-state index contributed by atoms with van der Waals surface area (Å²) >= 11 is 5.88. The molecule has 0 heterocycles. The largest absolute Gasteiger partial charge is 0.337 e. The Hall–Kier alpha value is -1.53. The Labute approximate surface area is 113 Å². The van der Waals surface area contributed by atoms with Crippen LogP contribution in [0.1, 0.15) is 30.6 Å². The van der Waals surface area contributed by atoms with Crippen molar-refractivity contribution < 1.29 is 4.79 Å². The van der Waals surface area contributed by atoms with Crippen molar-refractivity contribution >= 4 is 17.5 Å². The minimum atomic E-state index is -0.0681. The quantitative estimate of drug-likeness (QED) is 0.819. The molecular weight excluding hydrogens is 248 g/mol. The van der Waals surface area contributed by atoms with E-state index in [1.165, 1.54) is 0 Å². The van der Waals surface area contributed by atoms with Crippen LogP contribution in [0.15, 0.2) is 24.3 Å². The van der Waals surface area contributed by atoms with Gasteiger partial charge in [-0.1, -0.05) is 31.5 Å². The molecule has 3 nitrogen and oxygen atoms in total. The molecule has 0 aromatic heterocycles. The van der Waals surface area contributed by atoms with E-state index in [9.17, 15) is 4.79 Å². The zero-order valence-electron chi connectivity index (χ0n) is 10.7. The second kappa shape index (κ2) is 7.03. The van der Waals surface area contributed by atoms with Crippen molar-refractivity contribution in [2.45, 2.75) is 20.3 Å². The molecule has 0 saturated heterocycles. The zero-order chi connectivity index (χ0) is 13.5. The number of halogens is 1. The van der Waals surface area contributed by atoms with Gasteiger partial charge in [0.15, 0.2) is 0 Å². The smallest absolute Gasteiger partial charge is 0.253 e. The lowest BCUT2D eigenvalue weighted by Gasteiger charge is -2.23. The molecule has 18 heavy (non-hydrogen) atoms. The van der Waals surface area contributed by atoms with Crippen LogP contribution in [0.4, 0.5) is 0 Å². The van der Waals surface area contributed by atoms with E-state index < -0.39 is 0 Å². The van der Waals surface area contributed by atoms with E-state index in [2.05, 4.69) is 6.07 Å². The highest BCUT2D eigenvalue weighted by Gasteiger charge is 2.16. The van der Waals surface area contributed by atoms with Crippen molar-refractivity contribution in [3.63, 3.8) is 0 Å². The van der Waals surface area contributed by atoms with Gasteiger partial charge >= 0.3 is 0 Å². The number of nitriles is 1. The molecule has 96 valence electrons. The van der Waals surface area contributed by atoms with Crippen molar-refractivity contribution in [3.8, 4) is 6.07 Å². The van der Waals surface area contributed by atoms with Gasteiger partial charge in [-0.3, -0.25) is 4.79 Å². The number of amides is 1. The minimum Gasteiger partial charge on any atom is -0.337 e. The molecule has 0 saturated carbocycles. The first-order valence-electron chi connectivity index (χ1n) is 5.96. The summed E-state index contributed by atoms with van der Waals surface area (Å²) in [5.41, 5.74) is 0.570. The van der Waals surface area contributed by atoms with Gasteiger partial charge in [0, 0.05) is 23.7 Å². The number of hydrogen-bond donors (Lipinski definition) is 0. The lowest BCUT2D eigenvalue weighted by molar-refractivity contribution is 0.0740. The van der Waals surface area contributed by atoms with Gasteiger partial charge in [-0.2, -0.15) is 5.26 Å². The molecule has 1 aromatic carbocycles. The third-order valence-electron chi connectivity index (χ3n) is 2.44. The Morgan fingerprint density at radius 3 is 2.78 bits per heavy atom. The summed E-state index contributed by atoms with van der Waals surface area (Å²) in [4.78, 5) is 14.0. The predicted octanol–water partition coefficient (Wildman–Crippen LogP) is 3.35. The Balaban J connectivity index is 2.84. The van der Waals surface area contributed by atoms with Crippen LogP contribution < -0.4 is 0 Å². The van der Waals surface area contributed by atoms with Gasteiger partial charge in [-0.05, 0) is 24.1 Å². The van der Waals surface area contributed by atoms with E-state index in [0.717, 1.165) is 0 Å². The first-order chi connectivity index (χ1) is 8.54. The SMILES string of the molecule is CC(C)CN(CCC#N)C(=O)c1cccc(Cl)c1. The van der Waals surface area contributed by atoms with E-state index in [-0.39, 0.29) is 5.91 Å². The molecule has 0 unspecified atom stereocenters. The number of hydrogen-bond acceptors (Lipinski definition) is 2. The van der Waals surface area contributed by atoms with Crippen molar-refractivity contribution in [1.82, 2.24) is 4.90 Å². The minimum absolute atomic E-state index is 0.0681. The van der Waals surface area contributed by atoms with Crippen LogP contribution in [0.5, 0.6) is 0 Å². The lowest BCUT2D eigenvalue weighted by atomic mass is 10.1. The van der Waals surface area contributed by atoms with Crippen molar-refractivity contribution in [2.24, 2.45) is 5.92 Å². The highest BCUT2D eigenvalue weighted by molar-refractivity contribution is 6.30. The maximum absolute atomic E-state index is 12.3. The van der Waals surface area contributed by atoms with Crippen LogP contribution in [-0.2, 0) is 0 Å². The van der Waals surface area contributed by atoms with Crippen LogP contribution in [0.2, 0.25) is 5.02 Å². The van der Waals surface area contributed by atoms with E-state index in [1.807, 2.05) is 13.8 Å². The van der Waals surface area contributed by atoms with Gasteiger partial charge in [0.25, 0.3) is 5.91 Å². The van der Waals surface area contributed by atoms with E-state index in [4.69, 9.17) is 16.9 Å². The third-order valence-corrected chi connectivity index (χ3v) is 2.67. The second-order valence-electron chi connectivity index (χ2n) is 4.56. The third kappa shape index (κ3) is 4.38. The summed E-state index contributed by atoms with van der Waals surface area (Å²) in [6, 6.07) is 8.96. The van der Waals surface area contributed by atoms with Gasteiger partial charge in [-0.25, -0.2) is 0 Å². The summed E-state index contributed by atoms with van der Waals surface area (Å²) in [6.07, 6.45) is 0.346. The van der Waals surface area contributed by atoms with E-state index >= 15 is 0 Å². The molecule has 0 aliphatic carbocycles. The van der Waals surface area contributed by atoms with Crippen molar-refractivity contribution in [2.75, 3.05) is 13.1 Å². The predicted molar refractivity (Wildman–Crippen MR) is 72.4 cm³/mol. The number of carbonyl (C=O) groups excluding carboxylic acids is 1. The fourth-order valence-corrected chi connectivity index (χ4v) is 1.90. The molecule has 0 N–H and O–H groups in total. The first-order valence-corrected chi connectivity index (χ1v) is 6.34. The molecule has 1 amide bonds. The van der Waals surface area contributed by atoms with Crippen LogP contribution in [0.3, 0.4) is 0 Å². The highest BCUT2D eigenvalue weighted by atomic mass is 35.5. The topological polar surface area (TPSA) is 44.1 Å².